The van der Waals surface area contributed by atoms with Gasteiger partial charge in [-0.2, -0.15) is 16.9 Å². The monoisotopic (exact) mass is 335 g/mol. The SMILES string of the molecule is CN=C(NCCCn1cccn1)N1CCSC2(CCCCC2)C1. The molecule has 128 valence electrons. The summed E-state index contributed by atoms with van der Waals surface area (Å²) in [6.45, 7) is 4.18. The molecule has 2 heterocycles. The fourth-order valence-electron chi connectivity index (χ4n) is 3.73. The van der Waals surface area contributed by atoms with E-state index in [-0.39, 0.29) is 0 Å². The molecule has 3 rings (SSSR count). The van der Waals surface area contributed by atoms with E-state index < -0.39 is 0 Å². The topological polar surface area (TPSA) is 45.5 Å². The minimum Gasteiger partial charge on any atom is -0.356 e. The maximum absolute atomic E-state index is 4.52. The van der Waals surface area contributed by atoms with Crippen molar-refractivity contribution in [3.05, 3.63) is 18.5 Å². The Balaban J connectivity index is 1.47. The first-order valence-corrected chi connectivity index (χ1v) is 9.87. The van der Waals surface area contributed by atoms with Crippen molar-refractivity contribution in [2.24, 2.45) is 4.99 Å². The molecule has 1 aliphatic carbocycles. The highest BCUT2D eigenvalue weighted by Gasteiger charge is 2.38. The number of nitrogens with zero attached hydrogens (tertiary/aromatic N) is 4. The van der Waals surface area contributed by atoms with Gasteiger partial charge in [0.1, 0.15) is 0 Å². The molecule has 0 bridgehead atoms. The third kappa shape index (κ3) is 4.43. The molecule has 1 spiro atoms. The van der Waals surface area contributed by atoms with Crippen molar-refractivity contribution in [3.63, 3.8) is 0 Å². The molecule has 0 unspecified atom stereocenters. The molecule has 0 aromatic carbocycles. The van der Waals surface area contributed by atoms with Gasteiger partial charge in [0.2, 0.25) is 0 Å². The lowest BCUT2D eigenvalue weighted by Crippen LogP contribution is -2.53. The number of hydrogen-bond donors (Lipinski definition) is 1. The number of rotatable bonds is 4. The highest BCUT2D eigenvalue weighted by atomic mass is 32.2. The summed E-state index contributed by atoms with van der Waals surface area (Å²) in [5, 5.41) is 7.79. The van der Waals surface area contributed by atoms with Gasteiger partial charge in [-0.05, 0) is 25.3 Å². The van der Waals surface area contributed by atoms with Gasteiger partial charge in [0.05, 0.1) is 0 Å². The smallest absolute Gasteiger partial charge is 0.193 e. The average molecular weight is 336 g/mol. The van der Waals surface area contributed by atoms with Gasteiger partial charge in [0, 0.05) is 56.1 Å². The predicted molar refractivity (Wildman–Crippen MR) is 98.1 cm³/mol. The van der Waals surface area contributed by atoms with E-state index >= 15 is 0 Å². The molecule has 1 saturated heterocycles. The van der Waals surface area contributed by atoms with Crippen LogP contribution in [-0.4, -0.2) is 57.8 Å². The van der Waals surface area contributed by atoms with Gasteiger partial charge < -0.3 is 10.2 Å². The first-order valence-electron chi connectivity index (χ1n) is 8.88. The number of aryl methyl sites for hydroxylation is 1. The lowest BCUT2D eigenvalue weighted by Gasteiger charge is -2.45. The van der Waals surface area contributed by atoms with Crippen molar-refractivity contribution in [3.8, 4) is 0 Å². The molecule has 0 amide bonds. The summed E-state index contributed by atoms with van der Waals surface area (Å²) < 4.78 is 2.47. The van der Waals surface area contributed by atoms with E-state index in [4.69, 9.17) is 0 Å². The van der Waals surface area contributed by atoms with Crippen LogP contribution in [-0.2, 0) is 6.54 Å². The molecule has 6 heteroatoms. The normalized spacial score (nSPS) is 21.6. The van der Waals surface area contributed by atoms with Crippen LogP contribution in [0.15, 0.2) is 23.5 Å². The van der Waals surface area contributed by atoms with E-state index in [0.717, 1.165) is 38.6 Å². The lowest BCUT2D eigenvalue weighted by molar-refractivity contribution is 0.293. The maximum Gasteiger partial charge on any atom is 0.193 e. The Kier molecular flexibility index (Phi) is 5.86. The zero-order valence-corrected chi connectivity index (χ0v) is 15.0. The third-order valence-corrected chi connectivity index (χ3v) is 6.47. The lowest BCUT2D eigenvalue weighted by atomic mass is 9.87. The Bertz CT molecular complexity index is 488. The molecule has 5 nitrogen and oxygen atoms in total. The van der Waals surface area contributed by atoms with Gasteiger partial charge in [0.15, 0.2) is 5.96 Å². The first kappa shape index (κ1) is 16.7. The molecule has 0 radical (unpaired) electrons. The van der Waals surface area contributed by atoms with Gasteiger partial charge in [-0.3, -0.25) is 9.67 Å². The molecule has 1 aromatic rings. The van der Waals surface area contributed by atoms with Crippen LogP contribution in [0.2, 0.25) is 0 Å². The van der Waals surface area contributed by atoms with Crippen LogP contribution in [0.25, 0.3) is 0 Å². The molecule has 0 atom stereocenters. The predicted octanol–water partition coefficient (Wildman–Crippen LogP) is 2.60. The van der Waals surface area contributed by atoms with Gasteiger partial charge in [0.25, 0.3) is 0 Å². The summed E-state index contributed by atoms with van der Waals surface area (Å²) in [5.41, 5.74) is 0. The number of guanidine groups is 1. The summed E-state index contributed by atoms with van der Waals surface area (Å²) in [6.07, 6.45) is 11.9. The minimum absolute atomic E-state index is 0.489. The summed E-state index contributed by atoms with van der Waals surface area (Å²) in [6, 6.07) is 1.97. The zero-order chi connectivity index (χ0) is 16.0. The fourth-order valence-corrected chi connectivity index (χ4v) is 5.30. The fraction of sp³-hybridized carbons (Fsp3) is 0.765. The first-order chi connectivity index (χ1) is 11.3. The van der Waals surface area contributed by atoms with Crippen LogP contribution in [0, 0.1) is 0 Å². The number of aliphatic imine (C=N–C) groups is 1. The summed E-state index contributed by atoms with van der Waals surface area (Å²) in [4.78, 5) is 7.01. The van der Waals surface area contributed by atoms with E-state index in [1.807, 2.05) is 30.2 Å². The Morgan fingerprint density at radius 2 is 2.22 bits per heavy atom. The molecule has 2 fully saturated rings. The summed E-state index contributed by atoms with van der Waals surface area (Å²) >= 11 is 2.21. The Hall–Kier alpha value is -1.17. The largest absolute Gasteiger partial charge is 0.356 e. The van der Waals surface area contributed by atoms with Gasteiger partial charge in [-0.25, -0.2) is 0 Å². The third-order valence-electron chi connectivity index (χ3n) is 4.93. The van der Waals surface area contributed by atoms with E-state index in [1.54, 1.807) is 0 Å². The standard InChI is InChI=1S/C17H29N5S/c1-18-16(19-9-5-11-22-12-6-10-20-22)21-13-14-23-17(15-21)7-3-2-4-8-17/h6,10,12H,2-5,7-9,11,13-15H2,1H3,(H,18,19). The molecule has 1 saturated carbocycles. The number of thioether (sulfide) groups is 1. The highest BCUT2D eigenvalue weighted by molar-refractivity contribution is 8.00. The number of nitrogens with one attached hydrogen (secondary N) is 1. The van der Waals surface area contributed by atoms with Crippen LogP contribution in [0.3, 0.4) is 0 Å². The zero-order valence-electron chi connectivity index (χ0n) is 14.2. The van der Waals surface area contributed by atoms with Crippen LogP contribution in [0.4, 0.5) is 0 Å². The minimum atomic E-state index is 0.489. The molecule has 1 N–H and O–H groups in total. The van der Waals surface area contributed by atoms with E-state index in [0.29, 0.717) is 4.75 Å². The average Bonchev–Trinajstić information content (AvgIpc) is 3.09. The second-order valence-corrected chi connectivity index (χ2v) is 8.17. The Morgan fingerprint density at radius 3 is 2.96 bits per heavy atom. The maximum atomic E-state index is 4.52. The van der Waals surface area contributed by atoms with Crippen molar-refractivity contribution in [2.75, 3.05) is 32.4 Å². The molecular formula is C17H29N5S. The second kappa shape index (κ2) is 8.08. The van der Waals surface area contributed by atoms with Gasteiger partial charge in [-0.1, -0.05) is 19.3 Å². The van der Waals surface area contributed by atoms with Gasteiger partial charge >= 0.3 is 0 Å². The molecule has 1 aliphatic heterocycles. The van der Waals surface area contributed by atoms with Crippen LogP contribution in [0.1, 0.15) is 38.5 Å². The molecule has 1 aromatic heterocycles. The van der Waals surface area contributed by atoms with E-state index in [9.17, 15) is 0 Å². The van der Waals surface area contributed by atoms with Crippen molar-refractivity contribution in [1.82, 2.24) is 20.0 Å². The Morgan fingerprint density at radius 1 is 1.35 bits per heavy atom. The number of aromatic nitrogens is 2. The van der Waals surface area contributed by atoms with Crippen molar-refractivity contribution < 1.29 is 0 Å². The number of hydrogen-bond acceptors (Lipinski definition) is 3. The highest BCUT2D eigenvalue weighted by Crippen LogP contribution is 2.42. The quantitative estimate of drug-likeness (QED) is 0.522. The summed E-state index contributed by atoms with van der Waals surface area (Å²) in [5.74, 6) is 2.31. The van der Waals surface area contributed by atoms with E-state index in [2.05, 4.69) is 32.1 Å². The van der Waals surface area contributed by atoms with Crippen molar-refractivity contribution in [2.45, 2.75) is 49.8 Å². The van der Waals surface area contributed by atoms with Crippen LogP contribution < -0.4 is 5.32 Å². The molecular weight excluding hydrogens is 306 g/mol. The van der Waals surface area contributed by atoms with Crippen LogP contribution >= 0.6 is 11.8 Å². The Labute approximate surface area is 143 Å². The van der Waals surface area contributed by atoms with Crippen molar-refractivity contribution >= 4 is 17.7 Å². The summed E-state index contributed by atoms with van der Waals surface area (Å²) in [7, 11) is 1.91. The second-order valence-electron chi connectivity index (χ2n) is 6.61. The van der Waals surface area contributed by atoms with Gasteiger partial charge in [-0.15, -0.1) is 0 Å². The van der Waals surface area contributed by atoms with Crippen LogP contribution in [0.5, 0.6) is 0 Å². The van der Waals surface area contributed by atoms with Crippen molar-refractivity contribution in [1.29, 1.82) is 0 Å². The molecule has 23 heavy (non-hydrogen) atoms. The van der Waals surface area contributed by atoms with E-state index in [1.165, 1.54) is 37.9 Å². The molecule has 2 aliphatic rings.